The van der Waals surface area contributed by atoms with Crippen molar-refractivity contribution in [3.8, 4) is 11.3 Å². The van der Waals surface area contributed by atoms with E-state index in [9.17, 15) is 0 Å². The van der Waals surface area contributed by atoms with Crippen LogP contribution in [-0.2, 0) is 0 Å². The SMILES string of the molecule is S=c1cccc(-c2cnc3ccccc3c2)[nH]1. The van der Waals surface area contributed by atoms with Gasteiger partial charge in [-0.15, -0.1) is 0 Å². The van der Waals surface area contributed by atoms with Crippen LogP contribution in [0.2, 0.25) is 0 Å². The summed E-state index contributed by atoms with van der Waals surface area (Å²) >= 11 is 5.12. The monoisotopic (exact) mass is 238 g/mol. The second-order valence-electron chi connectivity index (χ2n) is 3.85. The predicted octanol–water partition coefficient (Wildman–Crippen LogP) is 3.96. The number of aromatic nitrogens is 2. The summed E-state index contributed by atoms with van der Waals surface area (Å²) in [6, 6.07) is 16.0. The van der Waals surface area contributed by atoms with Crippen LogP contribution in [0.3, 0.4) is 0 Å². The van der Waals surface area contributed by atoms with Crippen molar-refractivity contribution in [1.82, 2.24) is 9.97 Å². The largest absolute Gasteiger partial charge is 0.346 e. The predicted molar refractivity (Wildman–Crippen MR) is 72.4 cm³/mol. The molecule has 2 nitrogen and oxygen atoms in total. The van der Waals surface area contributed by atoms with Crippen LogP contribution in [0.5, 0.6) is 0 Å². The van der Waals surface area contributed by atoms with Gasteiger partial charge in [0.25, 0.3) is 0 Å². The molecule has 17 heavy (non-hydrogen) atoms. The number of fused-ring (bicyclic) bond motifs is 1. The van der Waals surface area contributed by atoms with E-state index < -0.39 is 0 Å². The van der Waals surface area contributed by atoms with Gasteiger partial charge in [0.2, 0.25) is 0 Å². The minimum atomic E-state index is 0.732. The van der Waals surface area contributed by atoms with Crippen molar-refractivity contribution >= 4 is 23.1 Å². The molecule has 0 saturated heterocycles. The first kappa shape index (κ1) is 10.2. The standard InChI is InChI=1S/C14H10N2S/c17-14-7-3-6-13(16-14)11-8-10-4-1-2-5-12(10)15-9-11/h1-9H,(H,16,17). The van der Waals surface area contributed by atoms with Gasteiger partial charge in [0, 0.05) is 22.8 Å². The fraction of sp³-hybridized carbons (Fsp3) is 0. The van der Waals surface area contributed by atoms with E-state index in [1.807, 2.05) is 42.6 Å². The van der Waals surface area contributed by atoms with Gasteiger partial charge in [-0.05, 0) is 24.3 Å². The van der Waals surface area contributed by atoms with Crippen LogP contribution in [0.15, 0.2) is 54.7 Å². The molecule has 2 aromatic heterocycles. The van der Waals surface area contributed by atoms with Crippen LogP contribution < -0.4 is 0 Å². The van der Waals surface area contributed by atoms with Crippen LogP contribution in [0.1, 0.15) is 0 Å². The molecule has 3 aromatic rings. The number of pyridine rings is 2. The molecular weight excluding hydrogens is 228 g/mol. The highest BCUT2D eigenvalue weighted by Crippen LogP contribution is 2.20. The molecule has 1 N–H and O–H groups in total. The molecule has 0 unspecified atom stereocenters. The van der Waals surface area contributed by atoms with Crippen LogP contribution >= 0.6 is 12.2 Å². The Morgan fingerprint density at radius 1 is 1.00 bits per heavy atom. The number of hydrogen-bond donors (Lipinski definition) is 1. The maximum Gasteiger partial charge on any atom is 0.103 e. The molecule has 0 amide bonds. The van der Waals surface area contributed by atoms with E-state index >= 15 is 0 Å². The highest BCUT2D eigenvalue weighted by Gasteiger charge is 2.00. The lowest BCUT2D eigenvalue weighted by Crippen LogP contribution is -1.85. The Labute approximate surface area is 104 Å². The van der Waals surface area contributed by atoms with E-state index in [2.05, 4.69) is 22.1 Å². The van der Waals surface area contributed by atoms with Crippen LogP contribution in [0, 0.1) is 4.64 Å². The highest BCUT2D eigenvalue weighted by atomic mass is 32.1. The van der Waals surface area contributed by atoms with Crippen LogP contribution in [-0.4, -0.2) is 9.97 Å². The number of nitrogens with one attached hydrogen (secondary N) is 1. The van der Waals surface area contributed by atoms with Gasteiger partial charge in [-0.3, -0.25) is 4.98 Å². The Hall–Kier alpha value is -2.00. The molecule has 0 aliphatic carbocycles. The van der Waals surface area contributed by atoms with E-state index in [0.717, 1.165) is 26.8 Å². The second-order valence-corrected chi connectivity index (χ2v) is 4.29. The summed E-state index contributed by atoms with van der Waals surface area (Å²) in [5, 5.41) is 1.13. The maximum atomic E-state index is 5.12. The summed E-state index contributed by atoms with van der Waals surface area (Å²) in [5.41, 5.74) is 3.05. The molecule has 0 spiro atoms. The summed E-state index contributed by atoms with van der Waals surface area (Å²) in [6.45, 7) is 0. The molecule has 0 saturated carbocycles. The van der Waals surface area contributed by atoms with Gasteiger partial charge >= 0.3 is 0 Å². The number of para-hydroxylation sites is 1. The third kappa shape index (κ3) is 1.97. The summed E-state index contributed by atoms with van der Waals surface area (Å²) in [6.07, 6.45) is 1.86. The lowest BCUT2D eigenvalue weighted by atomic mass is 10.1. The van der Waals surface area contributed by atoms with Crippen molar-refractivity contribution in [2.45, 2.75) is 0 Å². The molecule has 0 aliphatic heterocycles. The Morgan fingerprint density at radius 2 is 1.88 bits per heavy atom. The lowest BCUT2D eigenvalue weighted by Gasteiger charge is -2.03. The Kier molecular flexibility index (Phi) is 2.46. The number of nitrogens with zero attached hydrogens (tertiary/aromatic N) is 1. The third-order valence-corrected chi connectivity index (χ3v) is 2.91. The van der Waals surface area contributed by atoms with E-state index in [1.54, 1.807) is 0 Å². The zero-order chi connectivity index (χ0) is 11.7. The zero-order valence-electron chi connectivity index (χ0n) is 9.05. The van der Waals surface area contributed by atoms with Gasteiger partial charge in [-0.1, -0.05) is 36.5 Å². The summed E-state index contributed by atoms with van der Waals surface area (Å²) in [5.74, 6) is 0. The van der Waals surface area contributed by atoms with Crippen molar-refractivity contribution in [3.63, 3.8) is 0 Å². The van der Waals surface area contributed by atoms with Gasteiger partial charge in [0.05, 0.1) is 5.52 Å². The molecule has 0 aliphatic rings. The minimum Gasteiger partial charge on any atom is -0.346 e. The van der Waals surface area contributed by atoms with Gasteiger partial charge in [-0.2, -0.15) is 0 Å². The smallest absolute Gasteiger partial charge is 0.103 e. The molecule has 82 valence electrons. The Balaban J connectivity index is 2.21. The normalized spacial score (nSPS) is 10.6. The maximum absolute atomic E-state index is 5.12. The summed E-state index contributed by atoms with van der Waals surface area (Å²) in [7, 11) is 0. The average Bonchev–Trinajstić information content (AvgIpc) is 2.38. The quantitative estimate of drug-likeness (QED) is 0.650. The van der Waals surface area contributed by atoms with Crippen molar-refractivity contribution in [3.05, 3.63) is 59.4 Å². The number of aromatic amines is 1. The third-order valence-electron chi connectivity index (χ3n) is 2.67. The number of rotatable bonds is 1. The van der Waals surface area contributed by atoms with E-state index in [-0.39, 0.29) is 0 Å². The molecule has 0 fully saturated rings. The van der Waals surface area contributed by atoms with Gasteiger partial charge in [0.15, 0.2) is 0 Å². The Morgan fingerprint density at radius 3 is 2.76 bits per heavy atom. The van der Waals surface area contributed by atoms with E-state index in [1.165, 1.54) is 0 Å². The number of benzene rings is 1. The zero-order valence-corrected chi connectivity index (χ0v) is 9.87. The molecule has 0 bridgehead atoms. The first-order chi connectivity index (χ1) is 8.33. The molecule has 0 radical (unpaired) electrons. The van der Waals surface area contributed by atoms with E-state index in [0.29, 0.717) is 0 Å². The van der Waals surface area contributed by atoms with Crippen molar-refractivity contribution < 1.29 is 0 Å². The van der Waals surface area contributed by atoms with Gasteiger partial charge in [-0.25, -0.2) is 0 Å². The summed E-state index contributed by atoms with van der Waals surface area (Å²) in [4.78, 5) is 7.60. The molecule has 0 atom stereocenters. The first-order valence-electron chi connectivity index (χ1n) is 5.37. The Bertz CT molecular complexity index is 731. The summed E-state index contributed by atoms with van der Waals surface area (Å²) < 4.78 is 0.732. The van der Waals surface area contributed by atoms with Crippen molar-refractivity contribution in [2.24, 2.45) is 0 Å². The molecule has 2 heterocycles. The average molecular weight is 238 g/mol. The topological polar surface area (TPSA) is 28.7 Å². The fourth-order valence-corrected chi connectivity index (χ4v) is 2.02. The van der Waals surface area contributed by atoms with Gasteiger partial charge in [0.1, 0.15) is 4.64 Å². The van der Waals surface area contributed by atoms with Crippen LogP contribution in [0.25, 0.3) is 22.2 Å². The van der Waals surface area contributed by atoms with Crippen LogP contribution in [0.4, 0.5) is 0 Å². The molecule has 3 rings (SSSR count). The minimum absolute atomic E-state index is 0.732. The second kappa shape index (κ2) is 4.11. The highest BCUT2D eigenvalue weighted by molar-refractivity contribution is 7.71. The number of hydrogen-bond acceptors (Lipinski definition) is 2. The van der Waals surface area contributed by atoms with Gasteiger partial charge < -0.3 is 4.98 Å². The molecule has 1 aromatic carbocycles. The van der Waals surface area contributed by atoms with Crippen molar-refractivity contribution in [1.29, 1.82) is 0 Å². The number of H-pyrrole nitrogens is 1. The fourth-order valence-electron chi connectivity index (χ4n) is 1.83. The molecule has 3 heteroatoms. The van der Waals surface area contributed by atoms with Crippen molar-refractivity contribution in [2.75, 3.05) is 0 Å². The van der Waals surface area contributed by atoms with E-state index in [4.69, 9.17) is 12.2 Å². The molecular formula is C14H10N2S. The first-order valence-corrected chi connectivity index (χ1v) is 5.78. The lowest BCUT2D eigenvalue weighted by molar-refractivity contribution is 1.28.